The van der Waals surface area contributed by atoms with Crippen LogP contribution in [0.2, 0.25) is 0 Å². The van der Waals surface area contributed by atoms with Gasteiger partial charge in [0.05, 0.1) is 0 Å². The Morgan fingerprint density at radius 2 is 1.77 bits per heavy atom. The van der Waals surface area contributed by atoms with E-state index in [2.05, 4.69) is 44.7 Å². The Morgan fingerprint density at radius 3 is 2.15 bits per heavy atom. The van der Waals surface area contributed by atoms with E-state index in [9.17, 15) is 0 Å². The van der Waals surface area contributed by atoms with E-state index in [0.717, 1.165) is 0 Å². The molecule has 0 aromatic carbocycles. The van der Waals surface area contributed by atoms with Gasteiger partial charge in [-0.1, -0.05) is 12.2 Å². The van der Waals surface area contributed by atoms with Gasteiger partial charge in [0.2, 0.25) is 0 Å². The maximum atomic E-state index is 2.61. The van der Waals surface area contributed by atoms with Gasteiger partial charge in [-0.3, -0.25) is 4.90 Å². The average molecular weight is 181 g/mol. The predicted molar refractivity (Wildman–Crippen MR) is 58.9 cm³/mol. The fraction of sp³-hybridized carbons (Fsp3) is 0.833. The molecule has 76 valence electrons. The van der Waals surface area contributed by atoms with Crippen molar-refractivity contribution in [3.8, 4) is 0 Å². The summed E-state index contributed by atoms with van der Waals surface area (Å²) in [5.41, 5.74) is 0. The minimum atomic E-state index is 0.660. The van der Waals surface area contributed by atoms with Crippen molar-refractivity contribution in [3.05, 3.63) is 12.2 Å². The molecule has 0 aromatic rings. The molecule has 0 amide bonds. The lowest BCUT2D eigenvalue weighted by molar-refractivity contribution is 0.128. The Hall–Kier alpha value is -0.300. The van der Waals surface area contributed by atoms with Gasteiger partial charge in [-0.2, -0.15) is 0 Å². The van der Waals surface area contributed by atoms with Crippen LogP contribution in [-0.4, -0.2) is 23.0 Å². The first kappa shape index (κ1) is 10.8. The summed E-state index contributed by atoms with van der Waals surface area (Å²) in [6, 6.07) is 2.01. The van der Waals surface area contributed by atoms with Gasteiger partial charge in [0.25, 0.3) is 0 Å². The summed E-state index contributed by atoms with van der Waals surface area (Å²) in [6.07, 6.45) is 8.71. The van der Waals surface area contributed by atoms with Crippen molar-refractivity contribution in [1.29, 1.82) is 0 Å². The summed E-state index contributed by atoms with van der Waals surface area (Å²) in [4.78, 5) is 2.61. The van der Waals surface area contributed by atoms with E-state index in [4.69, 9.17) is 0 Å². The molecule has 1 aliphatic carbocycles. The number of hydrogen-bond acceptors (Lipinski definition) is 1. The summed E-state index contributed by atoms with van der Waals surface area (Å²) in [5, 5.41) is 0. The highest BCUT2D eigenvalue weighted by atomic mass is 15.2. The quantitative estimate of drug-likeness (QED) is 0.604. The number of nitrogens with zero attached hydrogens (tertiary/aromatic N) is 1. The van der Waals surface area contributed by atoms with Gasteiger partial charge in [-0.05, 0) is 47.0 Å². The second-order valence-electron chi connectivity index (χ2n) is 4.56. The van der Waals surface area contributed by atoms with Crippen molar-refractivity contribution in [3.63, 3.8) is 0 Å². The molecule has 0 aromatic heterocycles. The molecule has 1 aliphatic rings. The van der Waals surface area contributed by atoms with Crippen LogP contribution in [-0.2, 0) is 0 Å². The molecule has 1 heteroatoms. The summed E-state index contributed by atoms with van der Waals surface area (Å²) < 4.78 is 0. The topological polar surface area (TPSA) is 3.24 Å². The molecule has 1 rings (SSSR count). The molecule has 0 spiro atoms. The van der Waals surface area contributed by atoms with Gasteiger partial charge in [0.1, 0.15) is 0 Å². The van der Waals surface area contributed by atoms with E-state index in [1.54, 1.807) is 0 Å². The van der Waals surface area contributed by atoms with Crippen molar-refractivity contribution < 1.29 is 0 Å². The molecule has 0 fully saturated rings. The molecule has 0 bridgehead atoms. The third-order valence-electron chi connectivity index (χ3n) is 2.80. The van der Waals surface area contributed by atoms with Gasteiger partial charge in [-0.15, -0.1) is 0 Å². The molecule has 1 nitrogen and oxygen atoms in total. The molecule has 13 heavy (non-hydrogen) atoms. The summed E-state index contributed by atoms with van der Waals surface area (Å²) in [7, 11) is 0. The summed E-state index contributed by atoms with van der Waals surface area (Å²) in [6.45, 7) is 9.18. The number of hydrogen-bond donors (Lipinski definition) is 0. The van der Waals surface area contributed by atoms with Crippen LogP contribution in [0, 0.1) is 0 Å². The smallest absolute Gasteiger partial charge is 0.0283 e. The maximum Gasteiger partial charge on any atom is 0.0283 e. The Labute approximate surface area is 82.8 Å². The van der Waals surface area contributed by atoms with Crippen molar-refractivity contribution >= 4 is 0 Å². The standard InChI is InChI=1S/C12H23N/c1-10(2)13(11(3)4)12-8-6-5-7-9-12/h6,8,10-12H,5,7,9H2,1-4H3. The molecule has 0 N–H and O–H groups in total. The SMILES string of the molecule is CC(C)N(C(C)C)C1C=CCCC1. The first-order chi connectivity index (χ1) is 6.13. The first-order valence-electron chi connectivity index (χ1n) is 5.57. The van der Waals surface area contributed by atoms with Crippen molar-refractivity contribution in [2.75, 3.05) is 0 Å². The van der Waals surface area contributed by atoms with Crippen molar-refractivity contribution in [2.45, 2.75) is 65.1 Å². The highest BCUT2D eigenvalue weighted by Gasteiger charge is 2.22. The zero-order valence-electron chi connectivity index (χ0n) is 9.46. The van der Waals surface area contributed by atoms with Crippen LogP contribution >= 0.6 is 0 Å². The maximum absolute atomic E-state index is 2.61. The second kappa shape index (κ2) is 4.80. The Balaban J connectivity index is 2.63. The van der Waals surface area contributed by atoms with Gasteiger partial charge in [0.15, 0.2) is 0 Å². The van der Waals surface area contributed by atoms with Gasteiger partial charge >= 0.3 is 0 Å². The molecule has 0 radical (unpaired) electrons. The van der Waals surface area contributed by atoms with E-state index in [1.807, 2.05) is 0 Å². The van der Waals surface area contributed by atoms with Crippen LogP contribution < -0.4 is 0 Å². The summed E-state index contributed by atoms with van der Waals surface area (Å²) in [5.74, 6) is 0. The average Bonchev–Trinajstić information content (AvgIpc) is 2.04. The fourth-order valence-electron chi connectivity index (χ4n) is 2.41. The Kier molecular flexibility index (Phi) is 3.98. The third-order valence-corrected chi connectivity index (χ3v) is 2.80. The fourth-order valence-corrected chi connectivity index (χ4v) is 2.41. The van der Waals surface area contributed by atoms with Crippen LogP contribution in [0.25, 0.3) is 0 Å². The molecular weight excluding hydrogens is 158 g/mol. The monoisotopic (exact) mass is 181 g/mol. The predicted octanol–water partition coefficient (Wildman–Crippen LogP) is 3.21. The Morgan fingerprint density at radius 1 is 1.15 bits per heavy atom. The molecule has 0 heterocycles. The highest BCUT2D eigenvalue weighted by Crippen LogP contribution is 2.20. The van der Waals surface area contributed by atoms with E-state index >= 15 is 0 Å². The molecular formula is C12H23N. The van der Waals surface area contributed by atoms with E-state index in [0.29, 0.717) is 18.1 Å². The van der Waals surface area contributed by atoms with Crippen LogP contribution in [0.15, 0.2) is 12.2 Å². The molecule has 0 aliphatic heterocycles. The van der Waals surface area contributed by atoms with E-state index in [1.165, 1.54) is 19.3 Å². The zero-order chi connectivity index (χ0) is 9.84. The third kappa shape index (κ3) is 2.84. The van der Waals surface area contributed by atoms with Crippen molar-refractivity contribution in [2.24, 2.45) is 0 Å². The van der Waals surface area contributed by atoms with Crippen LogP contribution in [0.3, 0.4) is 0 Å². The number of allylic oxidation sites excluding steroid dienone is 1. The Bertz CT molecular complexity index is 162. The number of rotatable bonds is 3. The first-order valence-corrected chi connectivity index (χ1v) is 5.57. The van der Waals surface area contributed by atoms with E-state index in [-0.39, 0.29) is 0 Å². The van der Waals surface area contributed by atoms with Gasteiger partial charge in [0, 0.05) is 18.1 Å². The minimum Gasteiger partial charge on any atom is -0.292 e. The van der Waals surface area contributed by atoms with Crippen molar-refractivity contribution in [1.82, 2.24) is 4.90 Å². The van der Waals surface area contributed by atoms with E-state index < -0.39 is 0 Å². The molecule has 0 saturated heterocycles. The highest BCUT2D eigenvalue weighted by molar-refractivity contribution is 5.00. The zero-order valence-corrected chi connectivity index (χ0v) is 9.46. The molecule has 1 atom stereocenters. The van der Waals surface area contributed by atoms with Crippen LogP contribution in [0.4, 0.5) is 0 Å². The van der Waals surface area contributed by atoms with Crippen LogP contribution in [0.1, 0.15) is 47.0 Å². The lowest BCUT2D eigenvalue weighted by Gasteiger charge is -2.38. The summed E-state index contributed by atoms with van der Waals surface area (Å²) >= 11 is 0. The second-order valence-corrected chi connectivity index (χ2v) is 4.56. The van der Waals surface area contributed by atoms with Crippen LogP contribution in [0.5, 0.6) is 0 Å². The minimum absolute atomic E-state index is 0.660. The lowest BCUT2D eigenvalue weighted by atomic mass is 9.99. The molecule has 1 unspecified atom stereocenters. The van der Waals surface area contributed by atoms with Gasteiger partial charge in [-0.25, -0.2) is 0 Å². The van der Waals surface area contributed by atoms with Gasteiger partial charge < -0.3 is 0 Å². The molecule has 0 saturated carbocycles. The largest absolute Gasteiger partial charge is 0.292 e. The normalized spacial score (nSPS) is 23.5. The lowest BCUT2D eigenvalue weighted by Crippen LogP contribution is -2.44.